The molecule has 1 aromatic carbocycles. The van der Waals surface area contributed by atoms with E-state index in [4.69, 9.17) is 4.74 Å². The van der Waals surface area contributed by atoms with Crippen LogP contribution < -0.4 is 10.1 Å². The van der Waals surface area contributed by atoms with Crippen molar-refractivity contribution < 1.29 is 9.53 Å². The molecule has 0 aliphatic rings. The van der Waals surface area contributed by atoms with Gasteiger partial charge in [-0.25, -0.2) is 0 Å². The molecular weight excluding hydrogens is 326 g/mol. The quantitative estimate of drug-likeness (QED) is 0.842. The Morgan fingerprint density at radius 2 is 2.40 bits per heavy atom. The summed E-state index contributed by atoms with van der Waals surface area (Å²) in [5.74, 6) is 0.465. The molecule has 1 N–H and O–H groups in total. The average molecular weight is 338 g/mol. The number of aromatic nitrogens is 4. The number of nitrogens with zero attached hydrogens (tertiary/aromatic N) is 4. The Morgan fingerprint density at radius 1 is 1.60 bits per heavy atom. The highest BCUT2D eigenvalue weighted by molar-refractivity contribution is 9.10. The van der Waals surface area contributed by atoms with Crippen molar-refractivity contribution in [2.45, 2.75) is 6.54 Å². The van der Waals surface area contributed by atoms with Gasteiger partial charge >= 0.3 is 0 Å². The molecular formula is C12H12BrN5O2. The first-order valence-electron chi connectivity index (χ1n) is 5.67. The third-order valence-corrected chi connectivity index (χ3v) is 3.00. The van der Waals surface area contributed by atoms with Crippen molar-refractivity contribution in [3.63, 3.8) is 0 Å². The van der Waals surface area contributed by atoms with Crippen LogP contribution in [0.5, 0.6) is 5.75 Å². The molecule has 2 aromatic rings. The summed E-state index contributed by atoms with van der Waals surface area (Å²) in [6.07, 6.45) is 1.63. The van der Waals surface area contributed by atoms with Crippen molar-refractivity contribution in [2.75, 3.05) is 12.4 Å². The van der Waals surface area contributed by atoms with E-state index < -0.39 is 0 Å². The van der Waals surface area contributed by atoms with Crippen molar-refractivity contribution in [3.8, 4) is 5.75 Å². The van der Waals surface area contributed by atoms with Gasteiger partial charge in [0.2, 0.25) is 0 Å². The maximum Gasteiger partial charge on any atom is 0.270 e. The average Bonchev–Trinajstić information content (AvgIpc) is 2.86. The molecule has 8 heteroatoms. The zero-order valence-corrected chi connectivity index (χ0v) is 12.3. The molecule has 2 rings (SSSR count). The van der Waals surface area contributed by atoms with Gasteiger partial charge < -0.3 is 4.74 Å². The Morgan fingerprint density at radius 3 is 3.05 bits per heavy atom. The minimum Gasteiger partial charge on any atom is -0.496 e. The number of benzene rings is 1. The molecule has 0 fully saturated rings. The maximum atomic E-state index is 12.0. The Kier molecular flexibility index (Phi) is 4.46. The summed E-state index contributed by atoms with van der Waals surface area (Å²) >= 11 is 3.32. The lowest BCUT2D eigenvalue weighted by molar-refractivity contribution is 0.102. The number of hydrogen-bond donors (Lipinski definition) is 1. The number of rotatable bonds is 5. The lowest BCUT2D eigenvalue weighted by Crippen LogP contribution is -2.13. The van der Waals surface area contributed by atoms with Crippen LogP contribution in [-0.4, -0.2) is 33.2 Å². The van der Waals surface area contributed by atoms with Crippen LogP contribution in [0.15, 0.2) is 35.3 Å². The number of allylic oxidation sites excluding steroid dienone is 1. The van der Waals surface area contributed by atoms with Gasteiger partial charge in [0.05, 0.1) is 18.1 Å². The number of methoxy groups -OCH3 is 1. The largest absolute Gasteiger partial charge is 0.496 e. The SMILES string of the molecule is C=CCn1nnc(NC(=O)c2ccc(OC)c(Br)c2)n1. The number of tetrazole rings is 1. The highest BCUT2D eigenvalue weighted by Crippen LogP contribution is 2.25. The van der Waals surface area contributed by atoms with Gasteiger partial charge in [-0.15, -0.1) is 11.7 Å². The van der Waals surface area contributed by atoms with Crippen LogP contribution in [0.4, 0.5) is 5.95 Å². The highest BCUT2D eigenvalue weighted by atomic mass is 79.9. The number of amides is 1. The van der Waals surface area contributed by atoms with Crippen molar-refractivity contribution in [1.29, 1.82) is 0 Å². The third kappa shape index (κ3) is 3.21. The summed E-state index contributed by atoms with van der Waals surface area (Å²) in [6.45, 7) is 3.99. The smallest absolute Gasteiger partial charge is 0.270 e. The van der Waals surface area contributed by atoms with Crippen LogP contribution in [0.1, 0.15) is 10.4 Å². The molecule has 0 saturated carbocycles. The number of hydrogen-bond acceptors (Lipinski definition) is 5. The Hall–Kier alpha value is -2.22. The zero-order chi connectivity index (χ0) is 14.5. The number of carbonyl (C=O) groups is 1. The summed E-state index contributed by atoms with van der Waals surface area (Å²) in [5.41, 5.74) is 0.456. The molecule has 0 bridgehead atoms. The molecule has 0 unspecified atom stereocenters. The van der Waals surface area contributed by atoms with Gasteiger partial charge in [0.25, 0.3) is 11.9 Å². The number of carbonyl (C=O) groups excluding carboxylic acids is 1. The molecule has 104 valence electrons. The fourth-order valence-corrected chi connectivity index (χ4v) is 2.01. The van der Waals surface area contributed by atoms with Gasteiger partial charge in [0.1, 0.15) is 5.75 Å². The zero-order valence-electron chi connectivity index (χ0n) is 10.7. The van der Waals surface area contributed by atoms with Crippen molar-refractivity contribution in [1.82, 2.24) is 20.2 Å². The Balaban J connectivity index is 2.10. The highest BCUT2D eigenvalue weighted by Gasteiger charge is 2.11. The van der Waals surface area contributed by atoms with E-state index in [9.17, 15) is 4.79 Å². The lowest BCUT2D eigenvalue weighted by atomic mass is 10.2. The van der Waals surface area contributed by atoms with Gasteiger partial charge in [0, 0.05) is 5.56 Å². The number of nitrogens with one attached hydrogen (secondary N) is 1. The van der Waals surface area contributed by atoms with E-state index in [-0.39, 0.29) is 11.9 Å². The van der Waals surface area contributed by atoms with E-state index in [0.717, 1.165) is 0 Å². The predicted molar refractivity (Wildman–Crippen MR) is 76.7 cm³/mol. The van der Waals surface area contributed by atoms with Crippen molar-refractivity contribution in [3.05, 3.63) is 40.9 Å². The third-order valence-electron chi connectivity index (χ3n) is 2.38. The normalized spacial score (nSPS) is 10.1. The molecule has 1 aromatic heterocycles. The lowest BCUT2D eigenvalue weighted by Gasteiger charge is -2.05. The summed E-state index contributed by atoms with van der Waals surface area (Å²) in [5, 5.41) is 14.0. The van der Waals surface area contributed by atoms with Crippen molar-refractivity contribution >= 4 is 27.8 Å². The summed E-state index contributed by atoms with van der Waals surface area (Å²) < 4.78 is 5.79. The second kappa shape index (κ2) is 6.29. The van der Waals surface area contributed by atoms with Crippen LogP contribution in [-0.2, 0) is 6.54 Å². The van der Waals surface area contributed by atoms with Gasteiger partial charge in [-0.05, 0) is 39.3 Å². The first kappa shape index (κ1) is 14.2. The Labute approximate surface area is 123 Å². The molecule has 20 heavy (non-hydrogen) atoms. The molecule has 0 spiro atoms. The van der Waals surface area contributed by atoms with E-state index in [1.807, 2.05) is 0 Å². The fraction of sp³-hybridized carbons (Fsp3) is 0.167. The molecule has 0 radical (unpaired) electrons. The van der Waals surface area contributed by atoms with E-state index in [1.54, 1.807) is 31.4 Å². The predicted octanol–water partition coefficient (Wildman–Crippen LogP) is 1.88. The first-order valence-corrected chi connectivity index (χ1v) is 6.47. The number of halogens is 1. The minimum atomic E-state index is -0.327. The van der Waals surface area contributed by atoms with Crippen LogP contribution in [0.25, 0.3) is 0 Å². The van der Waals surface area contributed by atoms with Gasteiger partial charge in [-0.1, -0.05) is 11.2 Å². The second-order valence-corrected chi connectivity index (χ2v) is 4.61. The summed E-state index contributed by atoms with van der Waals surface area (Å²) in [4.78, 5) is 13.3. The minimum absolute atomic E-state index is 0.142. The summed E-state index contributed by atoms with van der Waals surface area (Å²) in [6, 6.07) is 5.00. The molecule has 0 saturated heterocycles. The van der Waals surface area contributed by atoms with E-state index in [1.165, 1.54) is 4.80 Å². The van der Waals surface area contributed by atoms with Gasteiger partial charge in [-0.2, -0.15) is 4.80 Å². The van der Waals surface area contributed by atoms with E-state index >= 15 is 0 Å². The van der Waals surface area contributed by atoms with Crippen LogP contribution in [0.3, 0.4) is 0 Å². The first-order chi connectivity index (χ1) is 9.63. The van der Waals surface area contributed by atoms with E-state index in [0.29, 0.717) is 22.3 Å². The van der Waals surface area contributed by atoms with Crippen LogP contribution >= 0.6 is 15.9 Å². The Bertz CT molecular complexity index is 641. The summed E-state index contributed by atoms with van der Waals surface area (Å²) in [7, 11) is 1.56. The van der Waals surface area contributed by atoms with Gasteiger partial charge in [0.15, 0.2) is 0 Å². The standard InChI is InChI=1S/C12H12BrN5O2/c1-3-6-18-16-12(15-17-18)14-11(19)8-4-5-10(20-2)9(13)7-8/h3-5,7H,1,6H2,2H3,(H,14,16,19). The number of ether oxygens (including phenoxy) is 1. The molecule has 0 aliphatic carbocycles. The van der Waals surface area contributed by atoms with Gasteiger partial charge in [-0.3, -0.25) is 10.1 Å². The molecule has 0 atom stereocenters. The monoisotopic (exact) mass is 337 g/mol. The number of anilines is 1. The fourth-order valence-electron chi connectivity index (χ4n) is 1.47. The maximum absolute atomic E-state index is 12.0. The molecule has 1 heterocycles. The molecule has 0 aliphatic heterocycles. The van der Waals surface area contributed by atoms with E-state index in [2.05, 4.69) is 43.2 Å². The van der Waals surface area contributed by atoms with Crippen LogP contribution in [0.2, 0.25) is 0 Å². The van der Waals surface area contributed by atoms with Crippen molar-refractivity contribution in [2.24, 2.45) is 0 Å². The second-order valence-electron chi connectivity index (χ2n) is 3.76. The molecule has 1 amide bonds. The topological polar surface area (TPSA) is 81.9 Å². The molecule has 7 nitrogen and oxygen atoms in total. The van der Waals surface area contributed by atoms with Crippen LogP contribution in [0, 0.1) is 0 Å².